The molecule has 0 aromatic heterocycles. The minimum Gasteiger partial charge on any atom is -0.466 e. The van der Waals surface area contributed by atoms with Crippen molar-refractivity contribution in [3.8, 4) is 0 Å². The van der Waals surface area contributed by atoms with Crippen LogP contribution in [0.2, 0.25) is 0 Å². The maximum absolute atomic E-state index is 13.3. The second-order valence-electron chi connectivity index (χ2n) is 12.3. The van der Waals surface area contributed by atoms with E-state index in [4.69, 9.17) is 9.47 Å². The van der Waals surface area contributed by atoms with Crippen molar-refractivity contribution in [2.75, 3.05) is 13.2 Å². The molecule has 0 N–H and O–H groups in total. The number of carbonyl (C=O) groups is 2. The quantitative estimate of drug-likeness (QED) is 0.151. The first-order valence-corrected chi connectivity index (χ1v) is 15.2. The van der Waals surface area contributed by atoms with Gasteiger partial charge in [-0.3, -0.25) is 9.59 Å². The van der Waals surface area contributed by atoms with E-state index in [0.29, 0.717) is 19.1 Å². The first-order valence-electron chi connectivity index (χ1n) is 15.2. The molecule has 4 nitrogen and oxygen atoms in total. The van der Waals surface area contributed by atoms with Crippen LogP contribution in [-0.2, 0) is 19.1 Å². The van der Waals surface area contributed by atoms with Gasteiger partial charge in [0.2, 0.25) is 0 Å². The first-order chi connectivity index (χ1) is 16.9. The van der Waals surface area contributed by atoms with E-state index in [0.717, 1.165) is 49.9 Å². The molecule has 3 atom stereocenters. The summed E-state index contributed by atoms with van der Waals surface area (Å²) in [6, 6.07) is 0. The minimum absolute atomic E-state index is 0.143. The molecular weight excluding hydrogens is 436 g/mol. The van der Waals surface area contributed by atoms with E-state index < -0.39 is 0 Å². The van der Waals surface area contributed by atoms with E-state index in [1.165, 1.54) is 70.6 Å². The van der Waals surface area contributed by atoms with Gasteiger partial charge in [-0.15, -0.1) is 0 Å². The Balaban J connectivity index is 1.87. The highest BCUT2D eigenvalue weighted by Crippen LogP contribution is 2.47. The van der Waals surface area contributed by atoms with E-state index in [1.807, 2.05) is 0 Å². The molecule has 0 saturated heterocycles. The molecule has 0 heterocycles. The number of hydrogen-bond donors (Lipinski definition) is 0. The molecule has 0 aromatic carbocycles. The molecule has 35 heavy (non-hydrogen) atoms. The summed E-state index contributed by atoms with van der Waals surface area (Å²) >= 11 is 0. The number of carbonyl (C=O) groups excluding carboxylic acids is 2. The van der Waals surface area contributed by atoms with Crippen LogP contribution in [0.25, 0.3) is 0 Å². The molecule has 3 unspecified atom stereocenters. The van der Waals surface area contributed by atoms with Crippen molar-refractivity contribution in [2.24, 2.45) is 35.5 Å². The zero-order valence-electron chi connectivity index (χ0n) is 23.5. The lowest BCUT2D eigenvalue weighted by Gasteiger charge is -2.34. The molecule has 0 amide bonds. The Bertz CT molecular complexity index is 579. The van der Waals surface area contributed by atoms with Gasteiger partial charge in [-0.25, -0.2) is 0 Å². The highest BCUT2D eigenvalue weighted by Gasteiger charge is 2.42. The molecule has 0 radical (unpaired) electrons. The molecule has 2 saturated carbocycles. The molecule has 4 heteroatoms. The number of rotatable bonds is 17. The van der Waals surface area contributed by atoms with Crippen LogP contribution in [-0.4, -0.2) is 25.2 Å². The fourth-order valence-corrected chi connectivity index (χ4v) is 6.44. The first kappa shape index (κ1) is 30.2. The molecule has 0 aromatic rings. The lowest BCUT2D eigenvalue weighted by Crippen LogP contribution is -2.34. The van der Waals surface area contributed by atoms with Crippen LogP contribution in [0.15, 0.2) is 0 Å². The summed E-state index contributed by atoms with van der Waals surface area (Å²) in [6.07, 6.45) is 19.1. The SMILES string of the molecule is CC(C)CCCCCOC(=O)CC(C(=O)OCCCCCC(C)C)C1CCCC1C1CCCCC1. The van der Waals surface area contributed by atoms with Crippen molar-refractivity contribution >= 4 is 11.9 Å². The van der Waals surface area contributed by atoms with Gasteiger partial charge in [0, 0.05) is 0 Å². The average molecular weight is 493 g/mol. The van der Waals surface area contributed by atoms with E-state index in [-0.39, 0.29) is 30.2 Å². The predicted octanol–water partition coefficient (Wildman–Crippen LogP) is 8.51. The molecule has 0 bridgehead atoms. The molecule has 2 aliphatic carbocycles. The molecular formula is C31H56O4. The Kier molecular flexibility index (Phi) is 15.0. The largest absolute Gasteiger partial charge is 0.466 e. The van der Waals surface area contributed by atoms with Crippen LogP contribution >= 0.6 is 0 Å². The molecule has 2 aliphatic rings. The van der Waals surface area contributed by atoms with Crippen LogP contribution in [0.1, 0.15) is 137 Å². The summed E-state index contributed by atoms with van der Waals surface area (Å²) in [5.41, 5.74) is 0. The van der Waals surface area contributed by atoms with Crippen molar-refractivity contribution in [2.45, 2.75) is 137 Å². The van der Waals surface area contributed by atoms with Crippen molar-refractivity contribution in [1.29, 1.82) is 0 Å². The summed E-state index contributed by atoms with van der Waals surface area (Å²) in [6.45, 7) is 9.95. The van der Waals surface area contributed by atoms with Crippen molar-refractivity contribution in [3.63, 3.8) is 0 Å². The van der Waals surface area contributed by atoms with Crippen LogP contribution in [0.5, 0.6) is 0 Å². The van der Waals surface area contributed by atoms with Gasteiger partial charge in [-0.05, 0) is 55.3 Å². The Hall–Kier alpha value is -1.06. The number of ether oxygens (including phenoxy) is 2. The van der Waals surface area contributed by atoms with E-state index in [9.17, 15) is 9.59 Å². The summed E-state index contributed by atoms with van der Waals surface area (Å²) < 4.78 is 11.4. The van der Waals surface area contributed by atoms with Gasteiger partial charge in [0.15, 0.2) is 0 Å². The third-order valence-corrected chi connectivity index (χ3v) is 8.45. The number of unbranched alkanes of at least 4 members (excludes halogenated alkanes) is 4. The van der Waals surface area contributed by atoms with Gasteiger partial charge >= 0.3 is 11.9 Å². The smallest absolute Gasteiger partial charge is 0.309 e. The molecule has 2 rings (SSSR count). The fraction of sp³-hybridized carbons (Fsp3) is 0.935. The fourth-order valence-electron chi connectivity index (χ4n) is 6.44. The topological polar surface area (TPSA) is 52.6 Å². The van der Waals surface area contributed by atoms with Crippen molar-refractivity contribution in [1.82, 2.24) is 0 Å². The monoisotopic (exact) mass is 492 g/mol. The second kappa shape index (κ2) is 17.4. The van der Waals surface area contributed by atoms with E-state index >= 15 is 0 Å². The van der Waals surface area contributed by atoms with Gasteiger partial charge in [0.1, 0.15) is 0 Å². The Morgan fingerprint density at radius 2 is 1.29 bits per heavy atom. The summed E-state index contributed by atoms with van der Waals surface area (Å²) in [7, 11) is 0. The summed E-state index contributed by atoms with van der Waals surface area (Å²) in [4.78, 5) is 26.1. The lowest BCUT2D eigenvalue weighted by atomic mass is 9.71. The van der Waals surface area contributed by atoms with Gasteiger partial charge in [0.05, 0.1) is 25.6 Å². The maximum Gasteiger partial charge on any atom is 0.309 e. The summed E-state index contributed by atoms with van der Waals surface area (Å²) in [5.74, 6) is 2.35. The average Bonchev–Trinajstić information content (AvgIpc) is 3.31. The minimum atomic E-state index is -0.325. The zero-order valence-corrected chi connectivity index (χ0v) is 23.5. The van der Waals surface area contributed by atoms with Crippen LogP contribution in [0, 0.1) is 35.5 Å². The number of esters is 2. The number of hydrogen-bond acceptors (Lipinski definition) is 4. The normalized spacial score (nSPS) is 22.0. The van der Waals surface area contributed by atoms with Crippen LogP contribution in [0.3, 0.4) is 0 Å². The Morgan fingerprint density at radius 3 is 1.89 bits per heavy atom. The highest BCUT2D eigenvalue weighted by atomic mass is 16.5. The van der Waals surface area contributed by atoms with Gasteiger partial charge in [-0.2, -0.15) is 0 Å². The van der Waals surface area contributed by atoms with Crippen molar-refractivity contribution in [3.05, 3.63) is 0 Å². The third kappa shape index (κ3) is 12.2. The van der Waals surface area contributed by atoms with Crippen LogP contribution in [0.4, 0.5) is 0 Å². The zero-order chi connectivity index (χ0) is 25.5. The molecule has 204 valence electrons. The van der Waals surface area contributed by atoms with Gasteiger partial charge in [0.25, 0.3) is 0 Å². The molecule has 2 fully saturated rings. The van der Waals surface area contributed by atoms with Gasteiger partial charge in [-0.1, -0.05) is 105 Å². The standard InChI is InChI=1S/C31H56O4/c1-24(2)15-8-6-12-21-34-30(32)23-29(31(33)35-22-13-7-9-16-25(3)4)28-20-14-19-27(28)26-17-10-5-11-18-26/h24-29H,5-23H2,1-4H3. The Labute approximate surface area is 216 Å². The maximum atomic E-state index is 13.3. The second-order valence-corrected chi connectivity index (χ2v) is 12.3. The third-order valence-electron chi connectivity index (χ3n) is 8.45. The highest BCUT2D eigenvalue weighted by molar-refractivity contribution is 5.80. The lowest BCUT2D eigenvalue weighted by molar-refractivity contribution is -0.158. The molecule has 0 aliphatic heterocycles. The van der Waals surface area contributed by atoms with Crippen molar-refractivity contribution < 1.29 is 19.1 Å². The summed E-state index contributed by atoms with van der Waals surface area (Å²) in [5, 5.41) is 0. The van der Waals surface area contributed by atoms with E-state index in [1.54, 1.807) is 0 Å². The molecule has 0 spiro atoms. The van der Waals surface area contributed by atoms with Gasteiger partial charge < -0.3 is 9.47 Å². The Morgan fingerprint density at radius 1 is 0.686 bits per heavy atom. The van der Waals surface area contributed by atoms with Crippen LogP contribution < -0.4 is 0 Å². The van der Waals surface area contributed by atoms with E-state index in [2.05, 4.69) is 27.7 Å². The predicted molar refractivity (Wildman–Crippen MR) is 144 cm³/mol.